The highest BCUT2D eigenvalue weighted by atomic mass is 16.8. The number of carbonyl (C=O) groups is 2. The van der Waals surface area contributed by atoms with Crippen molar-refractivity contribution in [2.45, 2.75) is 300 Å². The van der Waals surface area contributed by atoms with E-state index in [1.165, 1.54) is 6.92 Å². The molecule has 9 fully saturated rings. The monoisotopic (exact) mass is 1420 g/mol. The topological polar surface area (TPSA) is 469 Å². The maximum atomic E-state index is 14.4. The van der Waals surface area contributed by atoms with Gasteiger partial charge in [-0.1, -0.05) is 72.3 Å². The van der Waals surface area contributed by atoms with Crippen molar-refractivity contribution >= 4 is 11.9 Å². The third kappa shape index (κ3) is 13.6. The predicted octanol–water partition coefficient (Wildman–Crippen LogP) is -2.12. The van der Waals surface area contributed by atoms with Crippen LogP contribution in [0.3, 0.4) is 0 Å². The summed E-state index contributed by atoms with van der Waals surface area (Å²) in [6.45, 7) is 19.3. The Morgan fingerprint density at radius 3 is 1.63 bits per heavy atom. The number of esters is 2. The minimum absolute atomic E-state index is 0.0623. The lowest BCUT2D eigenvalue weighted by Crippen LogP contribution is -2.73. The van der Waals surface area contributed by atoms with E-state index in [1.807, 2.05) is 13.8 Å². The van der Waals surface area contributed by atoms with Crippen LogP contribution in [0.15, 0.2) is 34.9 Å². The summed E-state index contributed by atoms with van der Waals surface area (Å²) in [6, 6.07) is 0. The summed E-state index contributed by atoms with van der Waals surface area (Å²) in [5, 5.41) is 178. The molecule has 5 heterocycles. The Labute approximate surface area is 576 Å². The first kappa shape index (κ1) is 78.7. The van der Waals surface area contributed by atoms with E-state index in [0.29, 0.717) is 32.1 Å². The number of hydrogen-bond acceptors (Lipinski definition) is 30. The molecule has 10 aliphatic rings. The molecule has 0 spiro atoms. The van der Waals surface area contributed by atoms with Crippen molar-refractivity contribution in [3.63, 3.8) is 0 Å². The van der Waals surface area contributed by atoms with Crippen LogP contribution in [0, 0.1) is 50.2 Å². The van der Waals surface area contributed by atoms with Gasteiger partial charge in [0.1, 0.15) is 116 Å². The van der Waals surface area contributed by atoms with Gasteiger partial charge >= 0.3 is 11.9 Å². The molecule has 10 rings (SSSR count). The lowest BCUT2D eigenvalue weighted by atomic mass is 9.33. The third-order valence-corrected chi connectivity index (χ3v) is 25.4. The van der Waals surface area contributed by atoms with Crippen molar-refractivity contribution in [2.24, 2.45) is 50.2 Å². The van der Waals surface area contributed by atoms with Gasteiger partial charge in [0.25, 0.3) is 0 Å². The van der Waals surface area contributed by atoms with E-state index in [4.69, 9.17) is 56.8 Å². The number of carbonyl (C=O) groups excluding carboxylic acids is 2. The molecule has 566 valence electrons. The van der Waals surface area contributed by atoms with Crippen LogP contribution in [-0.2, 0) is 66.4 Å². The van der Waals surface area contributed by atoms with Crippen LogP contribution < -0.4 is 0 Å². The van der Waals surface area contributed by atoms with Crippen LogP contribution in [0.25, 0.3) is 0 Å². The smallest absolute Gasteiger partial charge is 0.333 e. The van der Waals surface area contributed by atoms with E-state index < -0.39 is 255 Å². The number of ether oxygens (including phenoxy) is 12. The number of hydrogen-bond donors (Lipinski definition) is 16. The van der Waals surface area contributed by atoms with Crippen molar-refractivity contribution in [3.8, 4) is 0 Å². The molecule has 0 radical (unpaired) electrons. The van der Waals surface area contributed by atoms with Gasteiger partial charge < -0.3 is 139 Å². The molecule has 30 heteroatoms. The van der Waals surface area contributed by atoms with Gasteiger partial charge in [-0.2, -0.15) is 0 Å². The number of aliphatic hydroxyl groups excluding tert-OH is 16. The molecule has 99 heavy (non-hydrogen) atoms. The molecule has 0 aromatic carbocycles. The van der Waals surface area contributed by atoms with Crippen LogP contribution in [0.5, 0.6) is 0 Å². The standard InChI is InChI=1S/C69H110O30/c1-13-28(3)57(86)98-55-56(99-58(87)29(4)14-2)69(27-89-59-50(83)47(80)42(75)33(23-70)91-59)32(21-64(55,6)7)31-15-16-38-66(10)19-18-40(65(8,9)37(66)17-20-67(38,11)68(31,12)22-39(69)73)95-62-53(45(78)36(26-88-62)94-61-52(85)48(81)43(76)34(24-71)92-61)97-63-54(49(82)44(77)35(25-72)93-63)96-60-51(84)46(79)41(74)30(5)90-60/h13-15,30,32-56,59-63,70-85H,16-27H2,1-12H3. The fourth-order valence-corrected chi connectivity index (χ4v) is 18.9. The summed E-state index contributed by atoms with van der Waals surface area (Å²) in [6.07, 6.45) is -37.2. The molecule has 5 saturated heterocycles. The Morgan fingerprint density at radius 1 is 0.545 bits per heavy atom. The zero-order valence-corrected chi connectivity index (χ0v) is 58.5. The van der Waals surface area contributed by atoms with Crippen molar-refractivity contribution in [2.75, 3.05) is 33.0 Å². The Kier molecular flexibility index (Phi) is 23.7. The average Bonchev–Trinajstić information content (AvgIpc) is 0.668. The lowest BCUT2D eigenvalue weighted by molar-refractivity contribution is -0.398. The van der Waals surface area contributed by atoms with Crippen LogP contribution in [0.4, 0.5) is 0 Å². The number of allylic oxidation sites excluding steroid dienone is 4. The van der Waals surface area contributed by atoms with E-state index in [2.05, 4.69) is 40.7 Å². The SMILES string of the molecule is CC=C(C)C(=O)OC1C(OC(=O)C(C)=CC)C2(COC3OC(CO)C(O)C(O)C3O)C(O)CC3(C)C(=CCC4C5(C)CCC(OC6OCC(OC7OC(CO)C(O)C(O)C7O)C(O)C6OC6OC(CO)C(O)C(O)C6OC6OC(C)C(O)C(O)C6O)C(C)(C)C5CCC43C)C2CC1(C)C. The van der Waals surface area contributed by atoms with Gasteiger partial charge in [-0.05, 0) is 119 Å². The van der Waals surface area contributed by atoms with Gasteiger partial charge in [0.2, 0.25) is 0 Å². The fourth-order valence-electron chi connectivity index (χ4n) is 18.9. The summed E-state index contributed by atoms with van der Waals surface area (Å²) < 4.78 is 75.1. The first-order valence-electron chi connectivity index (χ1n) is 34.9. The van der Waals surface area contributed by atoms with Crippen molar-refractivity contribution in [1.82, 2.24) is 0 Å². The van der Waals surface area contributed by atoms with E-state index in [0.717, 1.165) is 5.57 Å². The van der Waals surface area contributed by atoms with Gasteiger partial charge in [0.05, 0.1) is 56.8 Å². The predicted molar refractivity (Wildman–Crippen MR) is 339 cm³/mol. The minimum atomic E-state index is -1.98. The summed E-state index contributed by atoms with van der Waals surface area (Å²) in [5.74, 6) is -2.26. The van der Waals surface area contributed by atoms with Gasteiger partial charge in [0.15, 0.2) is 37.6 Å². The van der Waals surface area contributed by atoms with Crippen molar-refractivity contribution in [1.29, 1.82) is 0 Å². The third-order valence-electron chi connectivity index (χ3n) is 25.4. The normalized spacial score (nSPS) is 50.7. The molecular weight excluding hydrogens is 1310 g/mol. The van der Waals surface area contributed by atoms with E-state index in [1.54, 1.807) is 39.8 Å². The summed E-state index contributed by atoms with van der Waals surface area (Å²) in [5.41, 5.74) is -3.68. The summed E-state index contributed by atoms with van der Waals surface area (Å²) in [7, 11) is 0. The van der Waals surface area contributed by atoms with E-state index in [9.17, 15) is 91.3 Å². The lowest BCUT2D eigenvalue weighted by Gasteiger charge is -2.72. The van der Waals surface area contributed by atoms with Crippen LogP contribution in [0.1, 0.15) is 128 Å². The van der Waals surface area contributed by atoms with Crippen LogP contribution >= 0.6 is 0 Å². The molecule has 35 unspecified atom stereocenters. The first-order chi connectivity index (χ1) is 46.4. The molecule has 5 aliphatic carbocycles. The zero-order valence-electron chi connectivity index (χ0n) is 58.5. The molecule has 5 aliphatic heterocycles. The summed E-state index contributed by atoms with van der Waals surface area (Å²) in [4.78, 5) is 28.4. The van der Waals surface area contributed by atoms with Gasteiger partial charge in [-0.15, -0.1) is 0 Å². The molecule has 16 N–H and O–H groups in total. The average molecular weight is 1420 g/mol. The fraction of sp³-hybridized carbons (Fsp3) is 0.884. The zero-order chi connectivity index (χ0) is 72.9. The first-order valence-corrected chi connectivity index (χ1v) is 34.9. The molecule has 0 bridgehead atoms. The van der Waals surface area contributed by atoms with Crippen LogP contribution in [-0.4, -0.2) is 299 Å². The molecule has 35 atom stereocenters. The second-order valence-corrected chi connectivity index (χ2v) is 31.6. The summed E-state index contributed by atoms with van der Waals surface area (Å²) >= 11 is 0. The van der Waals surface area contributed by atoms with E-state index >= 15 is 0 Å². The van der Waals surface area contributed by atoms with Crippen molar-refractivity contribution < 1.29 is 148 Å². The largest absolute Gasteiger partial charge is 0.454 e. The molecule has 4 saturated carbocycles. The molecule has 0 amide bonds. The number of aliphatic hydroxyl groups is 16. The Morgan fingerprint density at radius 2 is 1.05 bits per heavy atom. The second-order valence-electron chi connectivity index (χ2n) is 31.6. The van der Waals surface area contributed by atoms with E-state index in [-0.39, 0.29) is 35.8 Å². The Hall–Kier alpha value is -2.88. The maximum absolute atomic E-state index is 14.4. The highest BCUT2D eigenvalue weighted by Crippen LogP contribution is 2.76. The van der Waals surface area contributed by atoms with Gasteiger partial charge in [-0.3, -0.25) is 0 Å². The van der Waals surface area contributed by atoms with Crippen molar-refractivity contribution in [3.05, 3.63) is 34.9 Å². The van der Waals surface area contributed by atoms with Crippen LogP contribution in [0.2, 0.25) is 0 Å². The van der Waals surface area contributed by atoms with Gasteiger partial charge in [-0.25, -0.2) is 9.59 Å². The molecular formula is C69H110O30. The van der Waals surface area contributed by atoms with Gasteiger partial charge in [0, 0.05) is 16.6 Å². The second kappa shape index (κ2) is 29.8. The molecule has 0 aromatic rings. The molecule has 0 aromatic heterocycles. The quantitative estimate of drug-likeness (QED) is 0.0302. The highest BCUT2D eigenvalue weighted by molar-refractivity contribution is 5.89. The number of fused-ring (bicyclic) bond motifs is 7. The number of rotatable bonds is 18. The Bertz CT molecular complexity index is 2910. The highest BCUT2D eigenvalue weighted by Gasteiger charge is 2.74. The molecule has 30 nitrogen and oxygen atoms in total. The Balaban J connectivity index is 0.978. The maximum Gasteiger partial charge on any atom is 0.333 e. The minimum Gasteiger partial charge on any atom is -0.454 e.